The van der Waals surface area contributed by atoms with Crippen molar-refractivity contribution in [1.82, 2.24) is 4.98 Å². The third-order valence-corrected chi connectivity index (χ3v) is 5.14. The monoisotopic (exact) mass is 391 g/mol. The van der Waals surface area contributed by atoms with Gasteiger partial charge in [-0.05, 0) is 36.4 Å². The molecule has 0 radical (unpaired) electrons. The molecule has 0 aliphatic carbocycles. The van der Waals surface area contributed by atoms with Crippen LogP contribution in [0, 0.1) is 5.82 Å². The van der Waals surface area contributed by atoms with Gasteiger partial charge in [0.1, 0.15) is 11.6 Å². The lowest BCUT2D eigenvalue weighted by molar-refractivity contribution is 0.601. The lowest BCUT2D eigenvalue weighted by Gasteiger charge is -2.10. The summed E-state index contributed by atoms with van der Waals surface area (Å²) in [5.74, 6) is -0.125. The number of hydrogen-bond donors (Lipinski definition) is 2. The third kappa shape index (κ3) is 4.50. The van der Waals surface area contributed by atoms with Crippen LogP contribution in [0.3, 0.4) is 0 Å². The van der Waals surface area contributed by atoms with E-state index in [-0.39, 0.29) is 16.5 Å². The van der Waals surface area contributed by atoms with E-state index in [1.165, 1.54) is 30.5 Å². The molecule has 0 amide bonds. The first-order chi connectivity index (χ1) is 12.4. The molecule has 26 heavy (non-hydrogen) atoms. The quantitative estimate of drug-likeness (QED) is 0.657. The molecule has 0 bridgehead atoms. The number of pyridine rings is 1. The minimum Gasteiger partial charge on any atom is -0.380 e. The van der Waals surface area contributed by atoms with Crippen LogP contribution in [0.4, 0.5) is 15.9 Å². The van der Waals surface area contributed by atoms with Crippen molar-refractivity contribution in [2.75, 3.05) is 10.0 Å². The van der Waals surface area contributed by atoms with Crippen LogP contribution in [0.25, 0.3) is 0 Å². The van der Waals surface area contributed by atoms with Gasteiger partial charge in [0.15, 0.2) is 0 Å². The number of nitrogens with one attached hydrogen (secondary N) is 2. The summed E-state index contributed by atoms with van der Waals surface area (Å²) >= 11 is 5.83. The van der Waals surface area contributed by atoms with Gasteiger partial charge in [0, 0.05) is 17.1 Å². The van der Waals surface area contributed by atoms with Gasteiger partial charge < -0.3 is 5.32 Å². The van der Waals surface area contributed by atoms with Crippen molar-refractivity contribution in [2.45, 2.75) is 11.4 Å². The predicted octanol–water partition coefficient (Wildman–Crippen LogP) is 4.29. The van der Waals surface area contributed by atoms with Gasteiger partial charge in [0.2, 0.25) is 0 Å². The summed E-state index contributed by atoms with van der Waals surface area (Å²) in [7, 11) is -3.78. The summed E-state index contributed by atoms with van der Waals surface area (Å²) in [5, 5.41) is 3.36. The Labute approximate surface area is 155 Å². The largest absolute Gasteiger partial charge is 0.380 e. The maximum atomic E-state index is 13.6. The number of sulfonamides is 1. The van der Waals surface area contributed by atoms with Crippen molar-refractivity contribution in [1.29, 1.82) is 0 Å². The zero-order valence-electron chi connectivity index (χ0n) is 13.5. The summed E-state index contributed by atoms with van der Waals surface area (Å²) in [6.07, 6.45) is 1.47. The van der Waals surface area contributed by atoms with Crippen LogP contribution in [0.2, 0.25) is 5.02 Å². The summed E-state index contributed by atoms with van der Waals surface area (Å²) in [5.41, 5.74) is 1.16. The van der Waals surface area contributed by atoms with Crippen molar-refractivity contribution in [2.24, 2.45) is 0 Å². The topological polar surface area (TPSA) is 71.1 Å². The first kappa shape index (κ1) is 18.2. The molecule has 0 aliphatic heterocycles. The summed E-state index contributed by atoms with van der Waals surface area (Å²) < 4.78 is 40.6. The smallest absolute Gasteiger partial charge is 0.263 e. The maximum Gasteiger partial charge on any atom is 0.263 e. The van der Waals surface area contributed by atoms with Crippen LogP contribution in [0.5, 0.6) is 0 Å². The molecule has 0 saturated heterocycles. The highest BCUT2D eigenvalue weighted by Gasteiger charge is 2.15. The molecule has 0 unspecified atom stereocenters. The second-order valence-corrected chi connectivity index (χ2v) is 7.56. The minimum absolute atomic E-state index is 0.0496. The van der Waals surface area contributed by atoms with E-state index in [1.807, 2.05) is 0 Å². The Hall–Kier alpha value is -2.64. The molecule has 2 N–H and O–H groups in total. The Kier molecular flexibility index (Phi) is 5.39. The standard InChI is InChI=1S/C18H15ClFN3O2S/c19-14-5-3-6-16(10-14)26(24,25)23-18-9-8-15(12-22-18)21-11-13-4-1-2-7-17(13)20/h1-10,12,21H,11H2,(H,22,23). The van der Waals surface area contributed by atoms with Crippen LogP contribution in [0.1, 0.15) is 5.56 Å². The van der Waals surface area contributed by atoms with Gasteiger partial charge >= 0.3 is 0 Å². The normalized spacial score (nSPS) is 11.2. The minimum atomic E-state index is -3.78. The van der Waals surface area contributed by atoms with Gasteiger partial charge in [0.05, 0.1) is 16.8 Å². The average Bonchev–Trinajstić information content (AvgIpc) is 2.62. The number of anilines is 2. The van der Waals surface area contributed by atoms with Crippen molar-refractivity contribution in [3.05, 3.63) is 83.3 Å². The maximum absolute atomic E-state index is 13.6. The van der Waals surface area contributed by atoms with Gasteiger partial charge in [0.25, 0.3) is 10.0 Å². The summed E-state index contributed by atoms with van der Waals surface area (Å²) in [6.45, 7) is 0.294. The molecule has 134 valence electrons. The highest BCUT2D eigenvalue weighted by Crippen LogP contribution is 2.19. The lowest BCUT2D eigenvalue weighted by atomic mass is 10.2. The SMILES string of the molecule is O=S(=O)(Nc1ccc(NCc2ccccc2F)cn1)c1cccc(Cl)c1. The molecule has 5 nitrogen and oxygen atoms in total. The van der Waals surface area contributed by atoms with Gasteiger partial charge in [-0.2, -0.15) is 0 Å². The molecule has 0 saturated carbocycles. The molecular formula is C18H15ClFN3O2S. The molecule has 0 spiro atoms. The zero-order valence-corrected chi connectivity index (χ0v) is 15.1. The Bertz CT molecular complexity index is 1010. The van der Waals surface area contributed by atoms with Crippen LogP contribution >= 0.6 is 11.6 Å². The predicted molar refractivity (Wildman–Crippen MR) is 100 cm³/mol. The van der Waals surface area contributed by atoms with E-state index in [4.69, 9.17) is 11.6 Å². The van der Waals surface area contributed by atoms with Crippen molar-refractivity contribution < 1.29 is 12.8 Å². The number of aromatic nitrogens is 1. The fraction of sp³-hybridized carbons (Fsp3) is 0.0556. The third-order valence-electron chi connectivity index (χ3n) is 3.55. The highest BCUT2D eigenvalue weighted by molar-refractivity contribution is 7.92. The van der Waals surface area contributed by atoms with Gasteiger partial charge in [-0.25, -0.2) is 17.8 Å². The van der Waals surface area contributed by atoms with E-state index in [9.17, 15) is 12.8 Å². The Morgan fingerprint density at radius 3 is 2.54 bits per heavy atom. The van der Waals surface area contributed by atoms with E-state index < -0.39 is 10.0 Å². The molecule has 0 aliphatic rings. The molecule has 2 aromatic carbocycles. The molecular weight excluding hydrogens is 377 g/mol. The van der Waals surface area contributed by atoms with Crippen LogP contribution in [-0.2, 0) is 16.6 Å². The van der Waals surface area contributed by atoms with Crippen molar-refractivity contribution in [3.8, 4) is 0 Å². The first-order valence-corrected chi connectivity index (χ1v) is 9.52. The number of rotatable bonds is 6. The molecule has 0 fully saturated rings. The first-order valence-electron chi connectivity index (χ1n) is 7.66. The van der Waals surface area contributed by atoms with E-state index >= 15 is 0 Å². The second-order valence-electron chi connectivity index (χ2n) is 5.44. The van der Waals surface area contributed by atoms with Gasteiger partial charge in [-0.15, -0.1) is 0 Å². The molecule has 8 heteroatoms. The number of halogens is 2. The Balaban J connectivity index is 1.67. The highest BCUT2D eigenvalue weighted by atomic mass is 35.5. The zero-order chi connectivity index (χ0) is 18.6. The van der Waals surface area contributed by atoms with Gasteiger partial charge in [-0.1, -0.05) is 35.9 Å². The molecule has 3 rings (SSSR count). The summed E-state index contributed by atoms with van der Waals surface area (Å²) in [4.78, 5) is 4.12. The van der Waals surface area contributed by atoms with E-state index in [2.05, 4.69) is 15.0 Å². The Morgan fingerprint density at radius 2 is 1.85 bits per heavy atom. The van der Waals surface area contributed by atoms with Gasteiger partial charge in [-0.3, -0.25) is 4.72 Å². The number of hydrogen-bond acceptors (Lipinski definition) is 4. The summed E-state index contributed by atoms with van der Waals surface area (Å²) in [6, 6.07) is 15.6. The Morgan fingerprint density at radius 1 is 1.04 bits per heavy atom. The number of benzene rings is 2. The van der Waals surface area contributed by atoms with Crippen molar-refractivity contribution >= 4 is 33.1 Å². The second kappa shape index (κ2) is 7.72. The van der Waals surface area contributed by atoms with Crippen LogP contribution in [0.15, 0.2) is 71.8 Å². The fourth-order valence-electron chi connectivity index (χ4n) is 2.23. The van der Waals surface area contributed by atoms with Crippen molar-refractivity contribution in [3.63, 3.8) is 0 Å². The van der Waals surface area contributed by atoms with Crippen LogP contribution < -0.4 is 10.0 Å². The molecule has 3 aromatic rings. The van der Waals surface area contributed by atoms with Crippen LogP contribution in [-0.4, -0.2) is 13.4 Å². The molecule has 1 aromatic heterocycles. The van der Waals surface area contributed by atoms with E-state index in [1.54, 1.807) is 36.4 Å². The lowest BCUT2D eigenvalue weighted by Crippen LogP contribution is -2.14. The molecule has 0 atom stereocenters. The molecule has 1 heterocycles. The fourth-order valence-corrected chi connectivity index (χ4v) is 3.54. The average molecular weight is 392 g/mol. The number of nitrogens with zero attached hydrogens (tertiary/aromatic N) is 1. The van der Waals surface area contributed by atoms with E-state index in [0.29, 0.717) is 22.8 Å². The van der Waals surface area contributed by atoms with E-state index in [0.717, 1.165) is 0 Å².